The monoisotopic (exact) mass is 271 g/mol. The Kier molecular flexibility index (Phi) is 6.52. The molecule has 1 aliphatic rings. The van der Waals surface area contributed by atoms with Gasteiger partial charge in [0, 0.05) is 20.2 Å². The van der Waals surface area contributed by atoms with Gasteiger partial charge < -0.3 is 19.8 Å². The molecule has 1 aliphatic carbocycles. The molecule has 1 amide bonds. The Balaban J connectivity index is 2.75. The van der Waals surface area contributed by atoms with Crippen molar-refractivity contribution in [1.29, 1.82) is 0 Å². The van der Waals surface area contributed by atoms with Crippen LogP contribution in [0.25, 0.3) is 0 Å². The van der Waals surface area contributed by atoms with Gasteiger partial charge in [0.1, 0.15) is 0 Å². The summed E-state index contributed by atoms with van der Waals surface area (Å²) in [5, 5.41) is 18.2. The van der Waals surface area contributed by atoms with E-state index in [2.05, 4.69) is 0 Å². The second kappa shape index (κ2) is 7.91. The minimum absolute atomic E-state index is 0.143. The van der Waals surface area contributed by atoms with E-state index in [1.54, 1.807) is 6.08 Å². The molecule has 2 N–H and O–H groups in total. The first kappa shape index (κ1) is 15.7. The highest BCUT2D eigenvalue weighted by molar-refractivity contribution is 5.85. The molecule has 108 valence electrons. The Bertz CT molecular complexity index is 342. The highest BCUT2D eigenvalue weighted by Crippen LogP contribution is 2.27. The highest BCUT2D eigenvalue weighted by atomic mass is 16.5. The molecular formula is C13H21NO5. The van der Waals surface area contributed by atoms with Gasteiger partial charge >= 0.3 is 5.97 Å². The third kappa shape index (κ3) is 4.33. The lowest BCUT2D eigenvalue weighted by atomic mass is 9.82. The number of ether oxygens (including phenoxy) is 1. The van der Waals surface area contributed by atoms with Gasteiger partial charge in [-0.2, -0.15) is 0 Å². The molecule has 0 spiro atoms. The SMILES string of the molecule is COCCN(CCO)C(=O)C1CC=CCC1C(=O)O. The van der Waals surface area contributed by atoms with Crippen LogP contribution in [0.4, 0.5) is 0 Å². The lowest BCUT2D eigenvalue weighted by Gasteiger charge is -2.30. The van der Waals surface area contributed by atoms with Gasteiger partial charge in [-0.3, -0.25) is 9.59 Å². The molecule has 19 heavy (non-hydrogen) atoms. The summed E-state index contributed by atoms with van der Waals surface area (Å²) in [6.07, 6.45) is 4.46. The van der Waals surface area contributed by atoms with Crippen molar-refractivity contribution in [3.8, 4) is 0 Å². The number of methoxy groups -OCH3 is 1. The predicted octanol–water partition coefficient (Wildman–Crippen LogP) is 0.121. The van der Waals surface area contributed by atoms with Gasteiger partial charge in [0.05, 0.1) is 25.0 Å². The molecule has 0 heterocycles. The zero-order chi connectivity index (χ0) is 14.3. The molecule has 0 bridgehead atoms. The van der Waals surface area contributed by atoms with E-state index in [0.29, 0.717) is 26.0 Å². The number of carbonyl (C=O) groups excluding carboxylic acids is 1. The van der Waals surface area contributed by atoms with Crippen molar-refractivity contribution in [1.82, 2.24) is 4.90 Å². The number of aliphatic hydroxyl groups is 1. The summed E-state index contributed by atoms with van der Waals surface area (Å²) < 4.78 is 4.92. The summed E-state index contributed by atoms with van der Waals surface area (Å²) in [6.45, 7) is 0.791. The molecule has 6 heteroatoms. The fraction of sp³-hybridized carbons (Fsp3) is 0.692. The Labute approximate surface area is 112 Å². The fourth-order valence-corrected chi connectivity index (χ4v) is 2.25. The van der Waals surface area contributed by atoms with Crippen molar-refractivity contribution in [2.24, 2.45) is 11.8 Å². The van der Waals surface area contributed by atoms with Gasteiger partial charge in [-0.1, -0.05) is 12.2 Å². The minimum atomic E-state index is -0.946. The fourth-order valence-electron chi connectivity index (χ4n) is 2.25. The highest BCUT2D eigenvalue weighted by Gasteiger charge is 2.36. The smallest absolute Gasteiger partial charge is 0.307 e. The van der Waals surface area contributed by atoms with Crippen molar-refractivity contribution >= 4 is 11.9 Å². The molecule has 6 nitrogen and oxygen atoms in total. The number of aliphatic carboxylic acids is 1. The van der Waals surface area contributed by atoms with E-state index in [-0.39, 0.29) is 19.1 Å². The van der Waals surface area contributed by atoms with Crippen LogP contribution in [0.1, 0.15) is 12.8 Å². The van der Waals surface area contributed by atoms with Crippen LogP contribution in [0.15, 0.2) is 12.2 Å². The summed E-state index contributed by atoms with van der Waals surface area (Å²) in [5.74, 6) is -2.40. The Morgan fingerprint density at radius 3 is 2.42 bits per heavy atom. The van der Waals surface area contributed by atoms with Crippen molar-refractivity contribution in [2.75, 3.05) is 33.4 Å². The first-order valence-electron chi connectivity index (χ1n) is 6.38. The molecule has 0 aromatic heterocycles. The van der Waals surface area contributed by atoms with E-state index >= 15 is 0 Å². The molecule has 0 aromatic rings. The number of carboxylic acid groups (broad SMARTS) is 1. The molecule has 0 radical (unpaired) electrons. The van der Waals surface area contributed by atoms with Crippen LogP contribution in [-0.2, 0) is 14.3 Å². The summed E-state index contributed by atoms with van der Waals surface area (Å²) in [5.41, 5.74) is 0. The van der Waals surface area contributed by atoms with Gasteiger partial charge in [0.15, 0.2) is 0 Å². The zero-order valence-electron chi connectivity index (χ0n) is 11.1. The third-order valence-corrected chi connectivity index (χ3v) is 3.31. The van der Waals surface area contributed by atoms with Crippen LogP contribution in [0.5, 0.6) is 0 Å². The summed E-state index contributed by atoms with van der Waals surface area (Å²) in [6, 6.07) is 0. The second-order valence-electron chi connectivity index (χ2n) is 4.54. The number of hydrogen-bond acceptors (Lipinski definition) is 4. The average molecular weight is 271 g/mol. The molecule has 2 unspecified atom stereocenters. The van der Waals surface area contributed by atoms with Crippen LogP contribution in [0.3, 0.4) is 0 Å². The maximum Gasteiger partial charge on any atom is 0.307 e. The van der Waals surface area contributed by atoms with Crippen molar-refractivity contribution in [3.63, 3.8) is 0 Å². The van der Waals surface area contributed by atoms with Crippen molar-refractivity contribution in [2.45, 2.75) is 12.8 Å². The van der Waals surface area contributed by atoms with Gasteiger partial charge in [0.25, 0.3) is 0 Å². The van der Waals surface area contributed by atoms with Crippen LogP contribution in [0.2, 0.25) is 0 Å². The largest absolute Gasteiger partial charge is 0.481 e. The van der Waals surface area contributed by atoms with Gasteiger partial charge in [-0.25, -0.2) is 0 Å². The molecule has 0 aromatic carbocycles. The number of nitrogens with zero attached hydrogens (tertiary/aromatic N) is 1. The normalized spacial score (nSPS) is 22.2. The summed E-state index contributed by atoms with van der Waals surface area (Å²) in [7, 11) is 1.53. The van der Waals surface area contributed by atoms with Gasteiger partial charge in [-0.05, 0) is 12.8 Å². The topological polar surface area (TPSA) is 87.1 Å². The minimum Gasteiger partial charge on any atom is -0.481 e. The first-order valence-corrected chi connectivity index (χ1v) is 6.38. The Hall–Kier alpha value is -1.40. The molecule has 0 fully saturated rings. The molecule has 0 aliphatic heterocycles. The number of rotatable bonds is 7. The Morgan fingerprint density at radius 2 is 1.89 bits per heavy atom. The van der Waals surface area contributed by atoms with Gasteiger partial charge in [-0.15, -0.1) is 0 Å². The van der Waals surface area contributed by atoms with Crippen molar-refractivity contribution < 1.29 is 24.5 Å². The number of amides is 1. The molecule has 2 atom stereocenters. The average Bonchev–Trinajstić information content (AvgIpc) is 2.42. The van der Waals surface area contributed by atoms with E-state index in [9.17, 15) is 9.59 Å². The third-order valence-electron chi connectivity index (χ3n) is 3.31. The van der Waals surface area contributed by atoms with Crippen LogP contribution >= 0.6 is 0 Å². The second-order valence-corrected chi connectivity index (χ2v) is 4.54. The summed E-state index contributed by atoms with van der Waals surface area (Å²) >= 11 is 0. The predicted molar refractivity (Wildman–Crippen MR) is 68.5 cm³/mol. The maximum absolute atomic E-state index is 12.4. The molecule has 1 rings (SSSR count). The maximum atomic E-state index is 12.4. The number of aliphatic hydroxyl groups excluding tert-OH is 1. The quantitative estimate of drug-likeness (QED) is 0.642. The number of hydrogen-bond donors (Lipinski definition) is 2. The van der Waals surface area contributed by atoms with Crippen LogP contribution < -0.4 is 0 Å². The molecule has 0 saturated carbocycles. The van der Waals surface area contributed by atoms with E-state index in [1.165, 1.54) is 12.0 Å². The summed E-state index contributed by atoms with van der Waals surface area (Å²) in [4.78, 5) is 25.0. The van der Waals surface area contributed by atoms with E-state index in [1.807, 2.05) is 6.08 Å². The molecular weight excluding hydrogens is 250 g/mol. The number of carboxylic acids is 1. The van der Waals surface area contributed by atoms with E-state index in [0.717, 1.165) is 0 Å². The lowest BCUT2D eigenvalue weighted by molar-refractivity contribution is -0.151. The molecule has 0 saturated heterocycles. The Morgan fingerprint density at radius 1 is 1.26 bits per heavy atom. The van der Waals surface area contributed by atoms with Crippen molar-refractivity contribution in [3.05, 3.63) is 12.2 Å². The van der Waals surface area contributed by atoms with E-state index in [4.69, 9.17) is 14.9 Å². The van der Waals surface area contributed by atoms with E-state index < -0.39 is 17.8 Å². The first-order chi connectivity index (χ1) is 9.11. The number of allylic oxidation sites excluding steroid dienone is 2. The zero-order valence-corrected chi connectivity index (χ0v) is 11.1. The van der Waals surface area contributed by atoms with Crippen LogP contribution in [0, 0.1) is 11.8 Å². The standard InChI is InChI=1S/C13H21NO5/c1-19-9-7-14(6-8-15)12(16)10-4-2-3-5-11(10)13(17)18/h2-3,10-11,15H,4-9H2,1H3,(H,17,18). The lowest BCUT2D eigenvalue weighted by Crippen LogP contribution is -2.44. The van der Waals surface area contributed by atoms with Gasteiger partial charge in [0.2, 0.25) is 5.91 Å². The van der Waals surface area contributed by atoms with Crippen LogP contribution in [-0.4, -0.2) is 60.4 Å². The number of carbonyl (C=O) groups is 2.